The van der Waals surface area contributed by atoms with Crippen LogP contribution in [0.5, 0.6) is 5.75 Å². The summed E-state index contributed by atoms with van der Waals surface area (Å²) in [6, 6.07) is 18.0. The molecule has 3 rings (SSSR count). The molecular weight excluding hydrogens is 304 g/mol. The molecule has 24 heavy (non-hydrogen) atoms. The lowest BCUT2D eigenvalue weighted by Crippen LogP contribution is -2.38. The molecule has 0 radical (unpaired) electrons. The molecular formula is C20H24O4. The van der Waals surface area contributed by atoms with Gasteiger partial charge in [0, 0.05) is 0 Å². The van der Waals surface area contributed by atoms with Crippen LogP contribution in [0.3, 0.4) is 0 Å². The molecule has 0 bridgehead atoms. The molecule has 1 fully saturated rings. The first-order valence-electron chi connectivity index (χ1n) is 8.27. The average Bonchev–Trinajstić information content (AvgIpc) is 3.04. The monoisotopic (exact) mass is 328 g/mol. The molecule has 4 nitrogen and oxygen atoms in total. The zero-order chi connectivity index (χ0) is 16.8. The molecule has 0 aliphatic carbocycles. The third-order valence-electron chi connectivity index (χ3n) is 4.62. The van der Waals surface area contributed by atoms with Crippen LogP contribution in [0.4, 0.5) is 0 Å². The van der Waals surface area contributed by atoms with Crippen molar-refractivity contribution in [1.29, 1.82) is 0 Å². The van der Waals surface area contributed by atoms with E-state index in [2.05, 4.69) is 12.1 Å². The Labute approximate surface area is 143 Å². The number of aliphatic hydroxyl groups excluding tert-OH is 1. The molecule has 1 saturated heterocycles. The lowest BCUT2D eigenvalue weighted by molar-refractivity contribution is -0.177. The first kappa shape index (κ1) is 17.0. The Morgan fingerprint density at radius 3 is 2.67 bits per heavy atom. The van der Waals surface area contributed by atoms with Gasteiger partial charge in [0.1, 0.15) is 5.75 Å². The van der Waals surface area contributed by atoms with Crippen LogP contribution in [-0.4, -0.2) is 31.7 Å². The normalized spacial score (nSPS) is 23.3. The summed E-state index contributed by atoms with van der Waals surface area (Å²) in [4.78, 5) is 0. The van der Waals surface area contributed by atoms with Gasteiger partial charge in [-0.05, 0) is 36.1 Å². The van der Waals surface area contributed by atoms with Crippen LogP contribution >= 0.6 is 0 Å². The smallest absolute Gasteiger partial charge is 0.166 e. The van der Waals surface area contributed by atoms with E-state index in [0.29, 0.717) is 13.2 Å². The summed E-state index contributed by atoms with van der Waals surface area (Å²) >= 11 is 0. The zero-order valence-electron chi connectivity index (χ0n) is 14.0. The summed E-state index contributed by atoms with van der Waals surface area (Å²) in [5.41, 5.74) is 1.82. The van der Waals surface area contributed by atoms with Crippen molar-refractivity contribution in [3.05, 3.63) is 65.7 Å². The molecule has 0 saturated carbocycles. The number of ether oxygens (including phenoxy) is 3. The highest BCUT2D eigenvalue weighted by Crippen LogP contribution is 2.39. The highest BCUT2D eigenvalue weighted by atomic mass is 16.7. The molecule has 0 spiro atoms. The molecule has 1 N–H and O–H groups in total. The minimum Gasteiger partial charge on any atom is -0.497 e. The van der Waals surface area contributed by atoms with E-state index >= 15 is 0 Å². The van der Waals surface area contributed by atoms with Crippen LogP contribution in [0.2, 0.25) is 0 Å². The highest BCUT2D eigenvalue weighted by molar-refractivity contribution is 5.28. The fourth-order valence-corrected chi connectivity index (χ4v) is 3.21. The molecule has 2 atom stereocenters. The fourth-order valence-electron chi connectivity index (χ4n) is 3.21. The zero-order valence-corrected chi connectivity index (χ0v) is 14.0. The van der Waals surface area contributed by atoms with E-state index < -0.39 is 6.29 Å². The quantitative estimate of drug-likeness (QED) is 0.848. The molecule has 1 aliphatic heterocycles. The molecule has 2 aromatic carbocycles. The summed E-state index contributed by atoms with van der Waals surface area (Å²) in [6.07, 6.45) is 1.13. The highest BCUT2D eigenvalue weighted by Gasteiger charge is 2.44. The molecule has 0 unspecified atom stereocenters. The second kappa shape index (κ2) is 7.79. The summed E-state index contributed by atoms with van der Waals surface area (Å²) < 4.78 is 17.1. The molecule has 0 amide bonds. The summed E-state index contributed by atoms with van der Waals surface area (Å²) in [6.45, 7) is 1.08. The third-order valence-corrected chi connectivity index (χ3v) is 4.62. The predicted octanol–water partition coefficient (Wildman–Crippen LogP) is 3.18. The Bertz CT molecular complexity index is 643. The number of hydrogen-bond donors (Lipinski definition) is 1. The van der Waals surface area contributed by atoms with Gasteiger partial charge in [0.15, 0.2) is 6.29 Å². The van der Waals surface area contributed by atoms with Gasteiger partial charge in [-0.1, -0.05) is 42.5 Å². The Morgan fingerprint density at radius 2 is 1.92 bits per heavy atom. The SMILES string of the molecule is COc1cccc(CO[C@H]2OCC[C@@]2(CO)Cc2ccccc2)c1. The van der Waals surface area contributed by atoms with Crippen molar-refractivity contribution in [2.45, 2.75) is 25.7 Å². The maximum Gasteiger partial charge on any atom is 0.166 e. The standard InChI is InChI=1S/C20H24O4/c1-22-18-9-5-8-17(12-18)14-24-19-20(15-21,10-11-23-19)13-16-6-3-2-4-7-16/h2-9,12,19,21H,10-11,13-15H2,1H3/t19-,20+/m1/s1. The average molecular weight is 328 g/mol. The van der Waals surface area contributed by atoms with Crippen molar-refractivity contribution >= 4 is 0 Å². The first-order valence-corrected chi connectivity index (χ1v) is 8.27. The second-order valence-corrected chi connectivity index (χ2v) is 6.30. The first-order chi connectivity index (χ1) is 11.8. The third kappa shape index (κ3) is 3.78. The van der Waals surface area contributed by atoms with Gasteiger partial charge in [0.2, 0.25) is 0 Å². The van der Waals surface area contributed by atoms with Crippen LogP contribution < -0.4 is 4.74 Å². The minimum atomic E-state index is -0.408. The van der Waals surface area contributed by atoms with Crippen molar-refractivity contribution in [1.82, 2.24) is 0 Å². The lowest BCUT2D eigenvalue weighted by Gasteiger charge is -2.32. The van der Waals surface area contributed by atoms with Crippen LogP contribution in [0.15, 0.2) is 54.6 Å². The maximum atomic E-state index is 10.0. The molecule has 128 valence electrons. The van der Waals surface area contributed by atoms with Gasteiger partial charge in [-0.25, -0.2) is 0 Å². The fraction of sp³-hybridized carbons (Fsp3) is 0.400. The van der Waals surface area contributed by atoms with Gasteiger partial charge in [0.05, 0.1) is 32.3 Å². The van der Waals surface area contributed by atoms with Crippen molar-refractivity contribution < 1.29 is 19.3 Å². The van der Waals surface area contributed by atoms with E-state index in [1.165, 1.54) is 5.56 Å². The van der Waals surface area contributed by atoms with E-state index in [9.17, 15) is 5.11 Å². The van der Waals surface area contributed by atoms with Gasteiger partial charge in [-0.2, -0.15) is 0 Å². The van der Waals surface area contributed by atoms with Crippen molar-refractivity contribution in [2.75, 3.05) is 20.3 Å². The predicted molar refractivity (Wildman–Crippen MR) is 91.8 cm³/mol. The van der Waals surface area contributed by atoms with Gasteiger partial charge in [-0.3, -0.25) is 0 Å². The number of methoxy groups -OCH3 is 1. The Kier molecular flexibility index (Phi) is 5.51. The minimum absolute atomic E-state index is 0.0463. The number of aliphatic hydroxyl groups is 1. The topological polar surface area (TPSA) is 47.9 Å². The van der Waals surface area contributed by atoms with Crippen molar-refractivity contribution in [3.8, 4) is 5.75 Å². The van der Waals surface area contributed by atoms with Crippen LogP contribution in [0.25, 0.3) is 0 Å². The van der Waals surface area contributed by atoms with E-state index in [1.807, 2.05) is 42.5 Å². The van der Waals surface area contributed by atoms with Gasteiger partial charge in [-0.15, -0.1) is 0 Å². The van der Waals surface area contributed by atoms with Crippen LogP contribution in [0.1, 0.15) is 17.5 Å². The van der Waals surface area contributed by atoms with E-state index in [0.717, 1.165) is 24.2 Å². The Hall–Kier alpha value is -1.88. The van der Waals surface area contributed by atoms with E-state index in [1.54, 1.807) is 7.11 Å². The van der Waals surface area contributed by atoms with Crippen molar-refractivity contribution in [3.63, 3.8) is 0 Å². The summed E-state index contributed by atoms with van der Waals surface area (Å²) in [7, 11) is 1.65. The lowest BCUT2D eigenvalue weighted by atomic mass is 9.80. The van der Waals surface area contributed by atoms with Gasteiger partial charge >= 0.3 is 0 Å². The number of rotatable bonds is 7. The van der Waals surface area contributed by atoms with Crippen LogP contribution in [-0.2, 0) is 22.5 Å². The van der Waals surface area contributed by atoms with Gasteiger partial charge in [0.25, 0.3) is 0 Å². The molecule has 0 aromatic heterocycles. The maximum absolute atomic E-state index is 10.0. The number of benzene rings is 2. The molecule has 2 aromatic rings. The Morgan fingerprint density at radius 1 is 1.12 bits per heavy atom. The molecule has 1 heterocycles. The summed E-state index contributed by atoms with van der Waals surface area (Å²) in [5, 5.41) is 10.0. The van der Waals surface area contributed by atoms with Crippen molar-refractivity contribution in [2.24, 2.45) is 5.41 Å². The molecule has 1 aliphatic rings. The summed E-state index contributed by atoms with van der Waals surface area (Å²) in [5.74, 6) is 0.807. The largest absolute Gasteiger partial charge is 0.497 e. The molecule has 4 heteroatoms. The Balaban J connectivity index is 1.69. The van der Waals surface area contributed by atoms with Crippen LogP contribution in [0, 0.1) is 5.41 Å². The number of hydrogen-bond acceptors (Lipinski definition) is 4. The van der Waals surface area contributed by atoms with E-state index in [-0.39, 0.29) is 12.0 Å². The second-order valence-electron chi connectivity index (χ2n) is 6.30. The van der Waals surface area contributed by atoms with E-state index in [4.69, 9.17) is 14.2 Å². The van der Waals surface area contributed by atoms with Gasteiger partial charge < -0.3 is 19.3 Å².